The Morgan fingerprint density at radius 2 is 2.00 bits per heavy atom. The number of rotatable bonds is 5. The van der Waals surface area contributed by atoms with Gasteiger partial charge in [0, 0.05) is 6.42 Å². The number of hydrogen-bond donors (Lipinski definition) is 1. The van der Waals surface area contributed by atoms with Crippen LogP contribution in [0.4, 0.5) is 8.78 Å². The SMILES string of the molecule is CC(NC(=O)CCC1CCCC1)c1ccc(F)c(F)c1. The lowest BCUT2D eigenvalue weighted by atomic mass is 10.0. The first-order valence-corrected chi connectivity index (χ1v) is 7.30. The normalized spacial score (nSPS) is 17.1. The molecule has 1 aliphatic rings. The minimum absolute atomic E-state index is 0.0193. The highest BCUT2D eigenvalue weighted by atomic mass is 19.2. The smallest absolute Gasteiger partial charge is 0.220 e. The van der Waals surface area contributed by atoms with Crippen molar-refractivity contribution in [2.24, 2.45) is 5.92 Å². The maximum Gasteiger partial charge on any atom is 0.220 e. The molecule has 2 rings (SSSR count). The second-order valence-electron chi connectivity index (χ2n) is 5.65. The highest BCUT2D eigenvalue weighted by molar-refractivity contribution is 5.76. The number of halogens is 2. The van der Waals surface area contributed by atoms with Crippen molar-refractivity contribution in [2.45, 2.75) is 51.5 Å². The highest BCUT2D eigenvalue weighted by Crippen LogP contribution is 2.28. The van der Waals surface area contributed by atoms with E-state index in [1.165, 1.54) is 31.7 Å². The summed E-state index contributed by atoms with van der Waals surface area (Å²) in [5.41, 5.74) is 0.582. The third kappa shape index (κ3) is 4.02. The zero-order chi connectivity index (χ0) is 14.5. The molecule has 0 radical (unpaired) electrons. The molecule has 1 atom stereocenters. The Bertz CT molecular complexity index is 470. The average Bonchev–Trinajstić information content (AvgIpc) is 2.92. The Balaban J connectivity index is 1.81. The van der Waals surface area contributed by atoms with Crippen molar-refractivity contribution in [3.63, 3.8) is 0 Å². The number of hydrogen-bond acceptors (Lipinski definition) is 1. The molecule has 2 nitrogen and oxygen atoms in total. The van der Waals surface area contributed by atoms with E-state index in [-0.39, 0.29) is 11.9 Å². The molecule has 0 heterocycles. The van der Waals surface area contributed by atoms with Gasteiger partial charge in [0.2, 0.25) is 5.91 Å². The largest absolute Gasteiger partial charge is 0.350 e. The molecule has 1 unspecified atom stereocenters. The second kappa shape index (κ2) is 6.82. The molecule has 1 N–H and O–H groups in total. The highest BCUT2D eigenvalue weighted by Gasteiger charge is 2.17. The van der Waals surface area contributed by atoms with Gasteiger partial charge in [-0.15, -0.1) is 0 Å². The van der Waals surface area contributed by atoms with Crippen molar-refractivity contribution >= 4 is 5.91 Å². The Morgan fingerprint density at radius 3 is 2.65 bits per heavy atom. The van der Waals surface area contributed by atoms with Gasteiger partial charge in [0.25, 0.3) is 0 Å². The van der Waals surface area contributed by atoms with E-state index < -0.39 is 11.6 Å². The maximum atomic E-state index is 13.1. The van der Waals surface area contributed by atoms with Gasteiger partial charge in [-0.05, 0) is 37.0 Å². The number of carbonyl (C=O) groups excluding carboxylic acids is 1. The van der Waals surface area contributed by atoms with Gasteiger partial charge in [-0.1, -0.05) is 31.7 Å². The van der Waals surface area contributed by atoms with Gasteiger partial charge in [-0.2, -0.15) is 0 Å². The topological polar surface area (TPSA) is 29.1 Å². The molecule has 1 aromatic carbocycles. The summed E-state index contributed by atoms with van der Waals surface area (Å²) in [6.45, 7) is 1.78. The predicted octanol–water partition coefficient (Wildman–Crippen LogP) is 4.11. The van der Waals surface area contributed by atoms with Crippen molar-refractivity contribution in [1.82, 2.24) is 5.32 Å². The molecule has 4 heteroatoms. The fourth-order valence-electron chi connectivity index (χ4n) is 2.81. The van der Waals surface area contributed by atoms with E-state index >= 15 is 0 Å². The summed E-state index contributed by atoms with van der Waals surface area (Å²) in [7, 11) is 0. The third-order valence-corrected chi connectivity index (χ3v) is 4.08. The summed E-state index contributed by atoms with van der Waals surface area (Å²) in [6, 6.07) is 3.42. The van der Waals surface area contributed by atoms with Crippen molar-refractivity contribution < 1.29 is 13.6 Å². The molecule has 1 aliphatic carbocycles. The second-order valence-corrected chi connectivity index (χ2v) is 5.65. The van der Waals surface area contributed by atoms with Crippen LogP contribution in [0.1, 0.15) is 57.1 Å². The van der Waals surface area contributed by atoms with Gasteiger partial charge in [-0.3, -0.25) is 4.79 Å². The first kappa shape index (κ1) is 14.9. The van der Waals surface area contributed by atoms with Crippen molar-refractivity contribution in [1.29, 1.82) is 0 Å². The summed E-state index contributed by atoms with van der Waals surface area (Å²) in [5.74, 6) is -1.09. The monoisotopic (exact) mass is 281 g/mol. The number of nitrogens with one attached hydrogen (secondary N) is 1. The number of benzene rings is 1. The predicted molar refractivity (Wildman–Crippen MR) is 74.1 cm³/mol. The van der Waals surface area contributed by atoms with Crippen LogP contribution in [0.3, 0.4) is 0 Å². The molecular weight excluding hydrogens is 260 g/mol. The van der Waals surface area contributed by atoms with Gasteiger partial charge in [0.15, 0.2) is 11.6 Å². The molecule has 0 aromatic heterocycles. The quantitative estimate of drug-likeness (QED) is 0.864. The van der Waals surface area contributed by atoms with Gasteiger partial charge in [-0.25, -0.2) is 8.78 Å². The Hall–Kier alpha value is -1.45. The Morgan fingerprint density at radius 1 is 1.30 bits per heavy atom. The van der Waals surface area contributed by atoms with E-state index in [4.69, 9.17) is 0 Å². The molecule has 0 aliphatic heterocycles. The zero-order valence-electron chi connectivity index (χ0n) is 11.8. The summed E-state index contributed by atoms with van der Waals surface area (Å²) in [4.78, 5) is 11.9. The first-order valence-electron chi connectivity index (χ1n) is 7.30. The lowest BCUT2D eigenvalue weighted by Crippen LogP contribution is -2.26. The molecule has 110 valence electrons. The molecule has 1 saturated carbocycles. The van der Waals surface area contributed by atoms with E-state index in [0.29, 0.717) is 17.9 Å². The zero-order valence-corrected chi connectivity index (χ0v) is 11.8. The summed E-state index contributed by atoms with van der Waals surface area (Å²) in [6.07, 6.45) is 6.45. The first-order chi connectivity index (χ1) is 9.56. The van der Waals surface area contributed by atoms with E-state index in [1.807, 2.05) is 0 Å². The van der Waals surface area contributed by atoms with Crippen LogP contribution in [-0.4, -0.2) is 5.91 Å². The van der Waals surface area contributed by atoms with Crippen LogP contribution in [0.2, 0.25) is 0 Å². The lowest BCUT2D eigenvalue weighted by molar-refractivity contribution is -0.122. The number of amides is 1. The molecule has 20 heavy (non-hydrogen) atoms. The number of carbonyl (C=O) groups is 1. The molecule has 1 aromatic rings. The van der Waals surface area contributed by atoms with Gasteiger partial charge >= 0.3 is 0 Å². The van der Waals surface area contributed by atoms with Crippen LogP contribution >= 0.6 is 0 Å². The molecular formula is C16H21F2NO. The van der Waals surface area contributed by atoms with E-state index in [1.54, 1.807) is 6.92 Å². The van der Waals surface area contributed by atoms with Crippen LogP contribution < -0.4 is 5.32 Å². The average molecular weight is 281 g/mol. The minimum atomic E-state index is -0.880. The fourth-order valence-corrected chi connectivity index (χ4v) is 2.81. The van der Waals surface area contributed by atoms with Crippen molar-refractivity contribution in [3.8, 4) is 0 Å². The Labute approximate surface area is 118 Å². The summed E-state index contributed by atoms with van der Waals surface area (Å²) >= 11 is 0. The molecule has 1 fully saturated rings. The minimum Gasteiger partial charge on any atom is -0.350 e. The lowest BCUT2D eigenvalue weighted by Gasteiger charge is -2.15. The third-order valence-electron chi connectivity index (χ3n) is 4.08. The molecule has 1 amide bonds. The summed E-state index contributed by atoms with van der Waals surface area (Å²) < 4.78 is 26.0. The summed E-state index contributed by atoms with van der Waals surface area (Å²) in [5, 5.41) is 2.84. The van der Waals surface area contributed by atoms with E-state index in [0.717, 1.165) is 18.6 Å². The van der Waals surface area contributed by atoms with Crippen LogP contribution in [0.25, 0.3) is 0 Å². The van der Waals surface area contributed by atoms with Crippen LogP contribution in [0.15, 0.2) is 18.2 Å². The van der Waals surface area contributed by atoms with E-state index in [9.17, 15) is 13.6 Å². The fraction of sp³-hybridized carbons (Fsp3) is 0.562. The van der Waals surface area contributed by atoms with Gasteiger partial charge < -0.3 is 5.32 Å². The van der Waals surface area contributed by atoms with Gasteiger partial charge in [0.1, 0.15) is 0 Å². The standard InChI is InChI=1S/C16H21F2NO/c1-11(13-7-8-14(17)15(18)10-13)19-16(20)9-6-12-4-2-3-5-12/h7-8,10-12H,2-6,9H2,1H3,(H,19,20). The van der Waals surface area contributed by atoms with Gasteiger partial charge in [0.05, 0.1) is 6.04 Å². The Kier molecular flexibility index (Phi) is 5.10. The molecule has 0 saturated heterocycles. The van der Waals surface area contributed by atoms with Crippen LogP contribution in [0, 0.1) is 17.6 Å². The van der Waals surface area contributed by atoms with Crippen LogP contribution in [-0.2, 0) is 4.79 Å². The van der Waals surface area contributed by atoms with E-state index in [2.05, 4.69) is 5.32 Å². The van der Waals surface area contributed by atoms with Crippen molar-refractivity contribution in [3.05, 3.63) is 35.4 Å². The molecule has 0 bridgehead atoms. The van der Waals surface area contributed by atoms with Crippen molar-refractivity contribution in [2.75, 3.05) is 0 Å². The molecule has 0 spiro atoms. The maximum absolute atomic E-state index is 13.1. The van der Waals surface area contributed by atoms with Crippen LogP contribution in [0.5, 0.6) is 0 Å².